The minimum absolute atomic E-state index is 0.0106. The molecule has 0 spiro atoms. The van der Waals surface area contributed by atoms with E-state index in [0.717, 1.165) is 19.1 Å². The zero-order valence-corrected chi connectivity index (χ0v) is 13.9. The number of aryl methyl sites for hydroxylation is 1. The highest BCUT2D eigenvalue weighted by atomic mass is 32.2. The van der Waals surface area contributed by atoms with E-state index in [4.69, 9.17) is 4.74 Å². The second kappa shape index (κ2) is 6.93. The average Bonchev–Trinajstić information content (AvgIpc) is 2.36. The fourth-order valence-corrected chi connectivity index (χ4v) is 2.86. The number of carbonyl (C=O) groups excluding carboxylic acids is 1. The molecule has 1 aromatic carbocycles. The van der Waals surface area contributed by atoms with Gasteiger partial charge in [-0.15, -0.1) is 0 Å². The lowest BCUT2D eigenvalue weighted by atomic mass is 10.1. The van der Waals surface area contributed by atoms with Gasteiger partial charge in [-0.2, -0.15) is 0 Å². The van der Waals surface area contributed by atoms with E-state index in [1.807, 2.05) is 13.8 Å². The molecule has 0 fully saturated rings. The Hall–Kier alpha value is -1.56. The van der Waals surface area contributed by atoms with Gasteiger partial charge in [0.1, 0.15) is 10.6 Å². The lowest BCUT2D eigenvalue weighted by Crippen LogP contribution is -2.15. The topological polar surface area (TPSA) is 69.7 Å². The van der Waals surface area contributed by atoms with Crippen molar-refractivity contribution >= 4 is 15.8 Å². The zero-order chi connectivity index (χ0) is 16.2. The molecule has 1 rings (SSSR count). The number of rotatable bonds is 6. The van der Waals surface area contributed by atoms with E-state index in [2.05, 4.69) is 4.74 Å². The summed E-state index contributed by atoms with van der Waals surface area (Å²) >= 11 is 0. The van der Waals surface area contributed by atoms with E-state index < -0.39 is 15.8 Å². The molecule has 118 valence electrons. The molecule has 0 radical (unpaired) electrons. The molecule has 1 atom stereocenters. The SMILES string of the molecule is CCCC(C)Oc1cc(C)c(C(=O)OC)cc1S(C)(=O)=O. The quantitative estimate of drug-likeness (QED) is 0.755. The number of ether oxygens (including phenoxy) is 2. The number of esters is 1. The molecule has 0 bridgehead atoms. The summed E-state index contributed by atoms with van der Waals surface area (Å²) in [5.41, 5.74) is 0.848. The van der Waals surface area contributed by atoms with Crippen LogP contribution in [0.5, 0.6) is 5.75 Å². The molecule has 21 heavy (non-hydrogen) atoms. The van der Waals surface area contributed by atoms with Gasteiger partial charge in [0.25, 0.3) is 0 Å². The Morgan fingerprint density at radius 1 is 1.33 bits per heavy atom. The van der Waals surface area contributed by atoms with Crippen LogP contribution in [0, 0.1) is 6.92 Å². The highest BCUT2D eigenvalue weighted by molar-refractivity contribution is 7.90. The summed E-state index contributed by atoms with van der Waals surface area (Å²) in [7, 11) is -2.25. The van der Waals surface area contributed by atoms with Crippen LogP contribution in [0.3, 0.4) is 0 Å². The maximum Gasteiger partial charge on any atom is 0.338 e. The van der Waals surface area contributed by atoms with Crippen LogP contribution in [0.2, 0.25) is 0 Å². The van der Waals surface area contributed by atoms with Crippen molar-refractivity contribution in [2.24, 2.45) is 0 Å². The summed E-state index contributed by atoms with van der Waals surface area (Å²) in [6.07, 6.45) is 2.75. The minimum Gasteiger partial charge on any atom is -0.489 e. The van der Waals surface area contributed by atoms with Crippen molar-refractivity contribution in [3.63, 3.8) is 0 Å². The van der Waals surface area contributed by atoms with Crippen LogP contribution in [-0.4, -0.2) is 33.9 Å². The third-order valence-corrected chi connectivity index (χ3v) is 4.24. The monoisotopic (exact) mass is 314 g/mol. The molecule has 0 aliphatic heterocycles. The predicted molar refractivity (Wildman–Crippen MR) is 80.6 cm³/mol. The number of hydrogen-bond donors (Lipinski definition) is 0. The molecule has 0 aromatic heterocycles. The van der Waals surface area contributed by atoms with Gasteiger partial charge < -0.3 is 9.47 Å². The first-order chi connectivity index (χ1) is 9.70. The highest BCUT2D eigenvalue weighted by Gasteiger charge is 2.21. The summed E-state index contributed by atoms with van der Waals surface area (Å²) in [5.74, 6) is -0.283. The van der Waals surface area contributed by atoms with Crippen LogP contribution in [-0.2, 0) is 14.6 Å². The van der Waals surface area contributed by atoms with Crippen LogP contribution < -0.4 is 4.74 Å². The first kappa shape index (κ1) is 17.5. The fourth-order valence-electron chi connectivity index (χ4n) is 2.06. The fraction of sp³-hybridized carbons (Fsp3) is 0.533. The van der Waals surface area contributed by atoms with E-state index >= 15 is 0 Å². The van der Waals surface area contributed by atoms with Gasteiger partial charge in [0, 0.05) is 6.26 Å². The van der Waals surface area contributed by atoms with Crippen LogP contribution in [0.25, 0.3) is 0 Å². The Balaban J connectivity index is 3.37. The van der Waals surface area contributed by atoms with Gasteiger partial charge >= 0.3 is 5.97 Å². The molecular formula is C15H22O5S. The maximum absolute atomic E-state index is 11.9. The van der Waals surface area contributed by atoms with Crippen molar-refractivity contribution in [2.75, 3.05) is 13.4 Å². The van der Waals surface area contributed by atoms with Crippen LogP contribution >= 0.6 is 0 Å². The molecule has 0 N–H and O–H groups in total. The van der Waals surface area contributed by atoms with Crippen molar-refractivity contribution in [3.8, 4) is 5.75 Å². The molecule has 0 aliphatic rings. The van der Waals surface area contributed by atoms with Gasteiger partial charge in [-0.1, -0.05) is 13.3 Å². The Bertz CT molecular complexity index is 619. The lowest BCUT2D eigenvalue weighted by Gasteiger charge is -2.18. The van der Waals surface area contributed by atoms with Gasteiger partial charge in [0.05, 0.1) is 18.8 Å². The highest BCUT2D eigenvalue weighted by Crippen LogP contribution is 2.29. The number of sulfone groups is 1. The third-order valence-electron chi connectivity index (χ3n) is 3.12. The van der Waals surface area contributed by atoms with Crippen molar-refractivity contribution in [3.05, 3.63) is 23.3 Å². The largest absolute Gasteiger partial charge is 0.489 e. The molecule has 6 heteroatoms. The molecule has 1 aromatic rings. The van der Waals surface area contributed by atoms with Crippen LogP contribution in [0.1, 0.15) is 42.6 Å². The van der Waals surface area contributed by atoms with Gasteiger partial charge in [0.2, 0.25) is 0 Å². The number of carbonyl (C=O) groups is 1. The molecule has 0 amide bonds. The molecule has 0 saturated heterocycles. The average molecular weight is 314 g/mol. The third kappa shape index (κ3) is 4.46. The normalized spacial score (nSPS) is 12.8. The number of hydrogen-bond acceptors (Lipinski definition) is 5. The Morgan fingerprint density at radius 3 is 2.43 bits per heavy atom. The smallest absolute Gasteiger partial charge is 0.338 e. The summed E-state index contributed by atoms with van der Waals surface area (Å²) in [6, 6.07) is 2.90. The van der Waals surface area contributed by atoms with Gasteiger partial charge in [0.15, 0.2) is 9.84 Å². The van der Waals surface area contributed by atoms with Crippen LogP contribution in [0.4, 0.5) is 0 Å². The maximum atomic E-state index is 11.9. The molecule has 5 nitrogen and oxygen atoms in total. The predicted octanol–water partition coefficient (Wildman–Crippen LogP) is 2.75. The van der Waals surface area contributed by atoms with Gasteiger partial charge in [-0.25, -0.2) is 13.2 Å². The first-order valence-corrected chi connectivity index (χ1v) is 8.69. The second-order valence-corrected chi connectivity index (χ2v) is 7.08. The Kier molecular flexibility index (Phi) is 5.78. The van der Waals surface area contributed by atoms with Gasteiger partial charge in [-0.3, -0.25) is 0 Å². The second-order valence-electron chi connectivity index (χ2n) is 5.09. The summed E-state index contributed by atoms with van der Waals surface area (Å²) in [5, 5.41) is 0. The van der Waals surface area contributed by atoms with E-state index in [9.17, 15) is 13.2 Å². The zero-order valence-electron chi connectivity index (χ0n) is 13.1. The lowest BCUT2D eigenvalue weighted by molar-refractivity contribution is 0.0599. The Labute approximate surface area is 126 Å². The molecule has 0 aliphatic carbocycles. The minimum atomic E-state index is -3.51. The van der Waals surface area contributed by atoms with Crippen molar-refractivity contribution in [1.82, 2.24) is 0 Å². The van der Waals surface area contributed by atoms with Crippen LogP contribution in [0.15, 0.2) is 17.0 Å². The summed E-state index contributed by atoms with van der Waals surface area (Å²) < 4.78 is 34.3. The van der Waals surface area contributed by atoms with E-state index in [0.29, 0.717) is 5.56 Å². The molecule has 1 unspecified atom stereocenters. The van der Waals surface area contributed by atoms with Crippen molar-refractivity contribution in [2.45, 2.75) is 44.6 Å². The standard InChI is InChI=1S/C15H22O5S/c1-6-7-11(3)20-13-8-10(2)12(15(16)19-4)9-14(13)21(5,17)18/h8-9,11H,6-7H2,1-5H3. The summed E-state index contributed by atoms with van der Waals surface area (Å²) in [6.45, 7) is 5.64. The number of methoxy groups -OCH3 is 1. The first-order valence-electron chi connectivity index (χ1n) is 6.80. The van der Waals surface area contributed by atoms with E-state index in [1.54, 1.807) is 13.0 Å². The van der Waals surface area contributed by atoms with Crippen molar-refractivity contribution in [1.29, 1.82) is 0 Å². The van der Waals surface area contributed by atoms with Crippen molar-refractivity contribution < 1.29 is 22.7 Å². The Morgan fingerprint density at radius 2 is 1.95 bits per heavy atom. The molecule has 0 heterocycles. The number of benzene rings is 1. The van der Waals surface area contributed by atoms with E-state index in [-0.39, 0.29) is 22.3 Å². The molecule has 0 saturated carbocycles. The van der Waals surface area contributed by atoms with Gasteiger partial charge in [-0.05, 0) is 38.0 Å². The summed E-state index contributed by atoms with van der Waals surface area (Å²) in [4.78, 5) is 11.7. The molecular weight excluding hydrogens is 292 g/mol. The van der Waals surface area contributed by atoms with E-state index in [1.165, 1.54) is 13.2 Å².